The predicted molar refractivity (Wildman–Crippen MR) is 105 cm³/mol. The summed E-state index contributed by atoms with van der Waals surface area (Å²) in [6, 6.07) is 5.19. The van der Waals surface area contributed by atoms with E-state index >= 15 is 0 Å². The molecule has 0 radical (unpaired) electrons. The highest BCUT2D eigenvalue weighted by Gasteiger charge is 2.31. The van der Waals surface area contributed by atoms with Crippen molar-refractivity contribution in [3.63, 3.8) is 0 Å². The van der Waals surface area contributed by atoms with Crippen LogP contribution in [-0.2, 0) is 14.3 Å². The lowest BCUT2D eigenvalue weighted by Crippen LogP contribution is -2.27. The zero-order valence-electron chi connectivity index (χ0n) is 14.5. The number of esters is 1. The first kappa shape index (κ1) is 20.0. The Hall–Kier alpha value is -2.32. The smallest absolute Gasteiger partial charge is 0.344 e. The van der Waals surface area contributed by atoms with E-state index in [4.69, 9.17) is 26.4 Å². The number of carbonyl (C=O) groups is 2. The van der Waals surface area contributed by atoms with Crippen LogP contribution in [0.25, 0.3) is 6.08 Å². The Morgan fingerprint density at radius 3 is 2.81 bits per heavy atom. The molecule has 6 nitrogen and oxygen atoms in total. The Morgan fingerprint density at radius 1 is 1.38 bits per heavy atom. The molecule has 0 bridgehead atoms. The summed E-state index contributed by atoms with van der Waals surface area (Å²) in [5.74, 6) is 0.233. The van der Waals surface area contributed by atoms with Crippen LogP contribution in [-0.4, -0.2) is 48.0 Å². The van der Waals surface area contributed by atoms with E-state index in [0.717, 1.165) is 5.56 Å². The molecule has 1 heterocycles. The van der Waals surface area contributed by atoms with Gasteiger partial charge in [0, 0.05) is 6.54 Å². The molecule has 8 heteroatoms. The van der Waals surface area contributed by atoms with Crippen LogP contribution in [0.2, 0.25) is 0 Å². The number of thiocarbonyl (C=S) groups is 1. The summed E-state index contributed by atoms with van der Waals surface area (Å²) in [7, 11) is 1.51. The Labute approximate surface area is 161 Å². The quantitative estimate of drug-likeness (QED) is 0.291. The minimum atomic E-state index is -0.467. The van der Waals surface area contributed by atoms with Crippen LogP contribution in [0, 0.1) is 0 Å². The molecule has 0 saturated carbocycles. The molecule has 1 saturated heterocycles. The van der Waals surface area contributed by atoms with Gasteiger partial charge in [0.2, 0.25) is 0 Å². The van der Waals surface area contributed by atoms with Gasteiger partial charge in [-0.25, -0.2) is 4.79 Å². The molecular weight excluding hydrogens is 374 g/mol. The summed E-state index contributed by atoms with van der Waals surface area (Å²) in [4.78, 5) is 25.9. The third-order valence-corrected chi connectivity index (χ3v) is 4.70. The highest BCUT2D eigenvalue weighted by atomic mass is 32.2. The summed E-state index contributed by atoms with van der Waals surface area (Å²) in [6.07, 6.45) is 3.35. The second-order valence-corrected chi connectivity index (χ2v) is 6.76. The number of ether oxygens (including phenoxy) is 3. The number of nitrogens with zero attached hydrogens (tertiary/aromatic N) is 1. The molecule has 1 amide bonds. The van der Waals surface area contributed by atoms with Crippen molar-refractivity contribution in [2.75, 3.05) is 26.9 Å². The Balaban J connectivity index is 2.21. The molecule has 0 aromatic heterocycles. The largest absolute Gasteiger partial charge is 0.493 e. The number of hydrogen-bond donors (Lipinski definition) is 0. The first-order chi connectivity index (χ1) is 12.5. The normalized spacial score (nSPS) is 15.3. The molecule has 26 heavy (non-hydrogen) atoms. The number of hydrogen-bond acceptors (Lipinski definition) is 7. The van der Waals surface area contributed by atoms with E-state index in [2.05, 4.69) is 6.58 Å². The lowest BCUT2D eigenvalue weighted by molar-refractivity contribution is -0.145. The van der Waals surface area contributed by atoms with Crippen LogP contribution in [0.5, 0.6) is 11.5 Å². The fraction of sp³-hybridized carbons (Fsp3) is 0.278. The topological polar surface area (TPSA) is 65.1 Å². The SMILES string of the molecule is C=CCN1C(=O)/C(=C\c2ccc(OC)c(OCC(=O)OCC)c2)SC1=S. The van der Waals surface area contributed by atoms with Gasteiger partial charge in [-0.05, 0) is 30.7 Å². The van der Waals surface area contributed by atoms with Crippen LogP contribution in [0.15, 0.2) is 35.8 Å². The van der Waals surface area contributed by atoms with Gasteiger partial charge in [-0.2, -0.15) is 0 Å². The summed E-state index contributed by atoms with van der Waals surface area (Å²) in [5.41, 5.74) is 0.726. The highest BCUT2D eigenvalue weighted by molar-refractivity contribution is 8.26. The molecule has 0 unspecified atom stereocenters. The van der Waals surface area contributed by atoms with Crippen molar-refractivity contribution >= 4 is 46.3 Å². The van der Waals surface area contributed by atoms with Crippen molar-refractivity contribution in [3.8, 4) is 11.5 Å². The Morgan fingerprint density at radius 2 is 2.15 bits per heavy atom. The van der Waals surface area contributed by atoms with E-state index in [1.54, 1.807) is 37.3 Å². The maximum atomic E-state index is 12.4. The van der Waals surface area contributed by atoms with E-state index in [-0.39, 0.29) is 19.1 Å². The third-order valence-electron chi connectivity index (χ3n) is 3.32. The molecule has 0 spiro atoms. The molecule has 0 aliphatic carbocycles. The van der Waals surface area contributed by atoms with Gasteiger partial charge in [-0.3, -0.25) is 9.69 Å². The van der Waals surface area contributed by atoms with Gasteiger partial charge in [0.25, 0.3) is 5.91 Å². The molecule has 0 atom stereocenters. The number of thioether (sulfide) groups is 1. The van der Waals surface area contributed by atoms with Crippen LogP contribution in [0.3, 0.4) is 0 Å². The minimum Gasteiger partial charge on any atom is -0.493 e. The number of methoxy groups -OCH3 is 1. The van der Waals surface area contributed by atoms with Crippen molar-refractivity contribution in [1.82, 2.24) is 4.90 Å². The van der Waals surface area contributed by atoms with Crippen LogP contribution >= 0.6 is 24.0 Å². The van der Waals surface area contributed by atoms with Crippen molar-refractivity contribution in [2.45, 2.75) is 6.92 Å². The highest BCUT2D eigenvalue weighted by Crippen LogP contribution is 2.34. The van der Waals surface area contributed by atoms with Gasteiger partial charge in [0.1, 0.15) is 4.32 Å². The van der Waals surface area contributed by atoms with Crippen LogP contribution < -0.4 is 9.47 Å². The number of benzene rings is 1. The van der Waals surface area contributed by atoms with Gasteiger partial charge < -0.3 is 14.2 Å². The molecule has 1 aromatic carbocycles. The first-order valence-corrected chi connectivity index (χ1v) is 9.05. The third kappa shape index (κ3) is 4.86. The van der Waals surface area contributed by atoms with Gasteiger partial charge in [0.05, 0.1) is 18.6 Å². The van der Waals surface area contributed by atoms with Crippen molar-refractivity contribution in [2.24, 2.45) is 0 Å². The number of carbonyl (C=O) groups excluding carboxylic acids is 2. The van der Waals surface area contributed by atoms with Crippen molar-refractivity contribution in [3.05, 3.63) is 41.3 Å². The predicted octanol–water partition coefficient (Wildman–Crippen LogP) is 3.02. The molecule has 1 aliphatic heterocycles. The van der Waals surface area contributed by atoms with Crippen molar-refractivity contribution in [1.29, 1.82) is 0 Å². The summed E-state index contributed by atoms with van der Waals surface area (Å²) < 4.78 is 16.1. The van der Waals surface area contributed by atoms with E-state index < -0.39 is 5.97 Å². The van der Waals surface area contributed by atoms with Crippen LogP contribution in [0.4, 0.5) is 0 Å². The lowest BCUT2D eigenvalue weighted by Gasteiger charge is -2.11. The minimum absolute atomic E-state index is 0.162. The second-order valence-electron chi connectivity index (χ2n) is 5.08. The Kier molecular flexibility index (Phi) is 7.23. The van der Waals surface area contributed by atoms with Gasteiger partial charge in [0.15, 0.2) is 18.1 Å². The van der Waals surface area contributed by atoms with E-state index in [9.17, 15) is 9.59 Å². The molecule has 1 fully saturated rings. The number of amides is 1. The van der Waals surface area contributed by atoms with E-state index in [0.29, 0.717) is 27.3 Å². The summed E-state index contributed by atoms with van der Waals surface area (Å²) in [5, 5.41) is 0. The van der Waals surface area contributed by atoms with Crippen molar-refractivity contribution < 1.29 is 23.8 Å². The lowest BCUT2D eigenvalue weighted by atomic mass is 10.2. The monoisotopic (exact) mass is 393 g/mol. The van der Waals surface area contributed by atoms with Gasteiger partial charge in [-0.1, -0.05) is 36.1 Å². The molecule has 1 aliphatic rings. The Bertz CT molecular complexity index is 760. The van der Waals surface area contributed by atoms with Gasteiger partial charge in [-0.15, -0.1) is 6.58 Å². The fourth-order valence-electron chi connectivity index (χ4n) is 2.17. The van der Waals surface area contributed by atoms with E-state index in [1.807, 2.05) is 0 Å². The second kappa shape index (κ2) is 9.40. The average molecular weight is 393 g/mol. The van der Waals surface area contributed by atoms with Gasteiger partial charge >= 0.3 is 5.97 Å². The molecule has 0 N–H and O–H groups in total. The molecule has 138 valence electrons. The van der Waals surface area contributed by atoms with E-state index in [1.165, 1.54) is 23.8 Å². The molecule has 1 aromatic rings. The molecular formula is C18H19NO5S2. The summed E-state index contributed by atoms with van der Waals surface area (Å²) >= 11 is 6.45. The standard InChI is InChI=1S/C18H19NO5S2/c1-4-8-19-17(21)15(26-18(19)25)10-12-6-7-13(22-3)14(9-12)24-11-16(20)23-5-2/h4,6-7,9-10H,1,5,8,11H2,2-3H3/b15-10+. The number of rotatable bonds is 8. The maximum Gasteiger partial charge on any atom is 0.344 e. The summed E-state index contributed by atoms with van der Waals surface area (Å²) in [6.45, 7) is 5.78. The molecule has 2 rings (SSSR count). The zero-order valence-corrected chi connectivity index (χ0v) is 16.2. The fourth-order valence-corrected chi connectivity index (χ4v) is 3.45. The van der Waals surface area contributed by atoms with Crippen LogP contribution in [0.1, 0.15) is 12.5 Å². The zero-order chi connectivity index (χ0) is 19.1. The average Bonchev–Trinajstić information content (AvgIpc) is 2.88. The maximum absolute atomic E-state index is 12.4. The first-order valence-electron chi connectivity index (χ1n) is 7.82.